The summed E-state index contributed by atoms with van der Waals surface area (Å²) in [5, 5.41) is 14.6. The number of amides is 2. The molecule has 0 aliphatic carbocycles. The zero-order chi connectivity index (χ0) is 26.2. The Kier molecular flexibility index (Phi) is 8.39. The number of carbonyl (C=O) groups excluding carboxylic acids is 2. The van der Waals surface area contributed by atoms with Crippen LogP contribution in [-0.2, 0) is 9.59 Å². The molecule has 0 saturated carbocycles. The molecule has 1 aliphatic heterocycles. The topological polar surface area (TPSA) is 91.7 Å². The van der Waals surface area contributed by atoms with Crippen LogP contribution in [0.1, 0.15) is 17.2 Å². The van der Waals surface area contributed by atoms with E-state index in [4.69, 9.17) is 0 Å². The lowest BCUT2D eigenvalue weighted by Gasteiger charge is -2.40. The van der Waals surface area contributed by atoms with Crippen molar-refractivity contribution in [3.05, 3.63) is 90.0 Å². The van der Waals surface area contributed by atoms with Gasteiger partial charge >= 0.3 is 11.8 Å². The van der Waals surface area contributed by atoms with Gasteiger partial charge in [0, 0.05) is 58.2 Å². The fourth-order valence-electron chi connectivity index (χ4n) is 4.52. The number of rotatable bonds is 7. The Hall–Kier alpha value is -4.35. The van der Waals surface area contributed by atoms with Crippen molar-refractivity contribution < 1.29 is 9.59 Å². The van der Waals surface area contributed by atoms with E-state index < -0.39 is 11.8 Å². The number of carbonyl (C=O) groups is 2. The van der Waals surface area contributed by atoms with Gasteiger partial charge in [-0.1, -0.05) is 42.5 Å². The van der Waals surface area contributed by atoms with Crippen LogP contribution in [0.2, 0.25) is 0 Å². The van der Waals surface area contributed by atoms with E-state index in [0.29, 0.717) is 17.8 Å². The Labute approximate surface area is 218 Å². The zero-order valence-electron chi connectivity index (χ0n) is 21.2. The van der Waals surface area contributed by atoms with Gasteiger partial charge in [-0.05, 0) is 42.0 Å². The van der Waals surface area contributed by atoms with Crippen LogP contribution in [0.5, 0.6) is 0 Å². The molecule has 37 heavy (non-hydrogen) atoms. The van der Waals surface area contributed by atoms with Crippen LogP contribution in [0.25, 0.3) is 0 Å². The number of nitrogens with one attached hydrogen (secondary N) is 2. The van der Waals surface area contributed by atoms with Crippen molar-refractivity contribution in [2.24, 2.45) is 0 Å². The molecule has 1 unspecified atom stereocenters. The summed E-state index contributed by atoms with van der Waals surface area (Å²) >= 11 is 0. The average molecular weight is 497 g/mol. The standard InChI is InChI=1S/C29H32N6O2/c1-33(2)24-14-12-22(13-15-24)27(35-18-16-34(17-19-35)25-9-4-3-5-10-25)21-31-28(36)29(37)32-26-11-7-6-8-23(26)20-30/h3-15,27H,16-19,21H2,1-2H3,(H,31,36)(H,32,37). The number of nitrogens with zero attached hydrogens (tertiary/aromatic N) is 4. The van der Waals surface area contributed by atoms with Crippen LogP contribution < -0.4 is 20.4 Å². The van der Waals surface area contributed by atoms with Gasteiger partial charge in [-0.3, -0.25) is 14.5 Å². The minimum atomic E-state index is -0.793. The number of para-hydroxylation sites is 2. The van der Waals surface area contributed by atoms with Gasteiger partial charge in [0.2, 0.25) is 0 Å². The van der Waals surface area contributed by atoms with Crippen LogP contribution in [0.4, 0.5) is 17.1 Å². The molecule has 8 heteroatoms. The molecular weight excluding hydrogens is 464 g/mol. The second-order valence-corrected chi connectivity index (χ2v) is 9.18. The van der Waals surface area contributed by atoms with E-state index in [1.165, 1.54) is 5.69 Å². The summed E-state index contributed by atoms with van der Waals surface area (Å²) in [5.74, 6) is -1.52. The maximum Gasteiger partial charge on any atom is 0.313 e. The fraction of sp³-hybridized carbons (Fsp3) is 0.276. The van der Waals surface area contributed by atoms with Crippen LogP contribution in [0, 0.1) is 11.3 Å². The van der Waals surface area contributed by atoms with Crippen molar-refractivity contribution in [3.8, 4) is 6.07 Å². The lowest BCUT2D eigenvalue weighted by molar-refractivity contribution is -0.136. The molecule has 3 aromatic carbocycles. The predicted molar refractivity (Wildman–Crippen MR) is 147 cm³/mol. The molecule has 190 valence electrons. The maximum atomic E-state index is 12.7. The summed E-state index contributed by atoms with van der Waals surface area (Å²) in [4.78, 5) is 32.0. The van der Waals surface area contributed by atoms with E-state index in [1.807, 2.05) is 43.3 Å². The summed E-state index contributed by atoms with van der Waals surface area (Å²) in [6.07, 6.45) is 0. The molecule has 2 amide bonds. The Morgan fingerprint density at radius 3 is 2.19 bits per heavy atom. The number of hydrogen-bond acceptors (Lipinski definition) is 6. The third-order valence-electron chi connectivity index (χ3n) is 6.63. The first kappa shape index (κ1) is 25.7. The van der Waals surface area contributed by atoms with Gasteiger partial charge in [0.1, 0.15) is 6.07 Å². The number of anilines is 3. The molecule has 4 rings (SSSR count). The molecule has 0 aromatic heterocycles. The first-order chi connectivity index (χ1) is 18.0. The first-order valence-electron chi connectivity index (χ1n) is 12.4. The van der Waals surface area contributed by atoms with Crippen molar-refractivity contribution in [1.82, 2.24) is 10.2 Å². The summed E-state index contributed by atoms with van der Waals surface area (Å²) in [6.45, 7) is 3.68. The molecule has 0 bridgehead atoms. The lowest BCUT2D eigenvalue weighted by atomic mass is 10.0. The maximum absolute atomic E-state index is 12.7. The Bertz CT molecular complexity index is 1250. The van der Waals surface area contributed by atoms with Crippen LogP contribution >= 0.6 is 0 Å². The Morgan fingerprint density at radius 1 is 0.892 bits per heavy atom. The van der Waals surface area contributed by atoms with Gasteiger partial charge in [-0.2, -0.15) is 5.26 Å². The van der Waals surface area contributed by atoms with Gasteiger partial charge in [-0.25, -0.2) is 0 Å². The predicted octanol–water partition coefficient (Wildman–Crippen LogP) is 3.24. The van der Waals surface area contributed by atoms with Gasteiger partial charge in [0.15, 0.2) is 0 Å². The van der Waals surface area contributed by atoms with Crippen molar-refractivity contribution in [2.45, 2.75) is 6.04 Å². The number of benzene rings is 3. The highest BCUT2D eigenvalue weighted by Crippen LogP contribution is 2.26. The third-order valence-corrected chi connectivity index (χ3v) is 6.63. The van der Waals surface area contributed by atoms with E-state index in [1.54, 1.807) is 24.3 Å². The molecular formula is C29H32N6O2. The third kappa shape index (κ3) is 6.46. The highest BCUT2D eigenvalue weighted by Gasteiger charge is 2.27. The molecule has 1 atom stereocenters. The van der Waals surface area contributed by atoms with Crippen molar-refractivity contribution >= 4 is 28.9 Å². The van der Waals surface area contributed by atoms with Crippen LogP contribution in [-0.4, -0.2) is 63.5 Å². The van der Waals surface area contributed by atoms with E-state index >= 15 is 0 Å². The molecule has 1 fully saturated rings. The molecule has 0 radical (unpaired) electrons. The van der Waals surface area contributed by atoms with E-state index in [9.17, 15) is 14.9 Å². The monoisotopic (exact) mass is 496 g/mol. The number of piperazine rings is 1. The quantitative estimate of drug-likeness (QED) is 0.488. The highest BCUT2D eigenvalue weighted by atomic mass is 16.2. The Balaban J connectivity index is 1.45. The fourth-order valence-corrected chi connectivity index (χ4v) is 4.52. The SMILES string of the molecule is CN(C)c1ccc(C(CNC(=O)C(=O)Nc2ccccc2C#N)N2CCN(c3ccccc3)CC2)cc1. The van der Waals surface area contributed by atoms with E-state index in [0.717, 1.165) is 37.4 Å². The van der Waals surface area contributed by atoms with Gasteiger partial charge in [0.25, 0.3) is 0 Å². The minimum Gasteiger partial charge on any atom is -0.378 e. The zero-order valence-corrected chi connectivity index (χ0v) is 21.2. The summed E-state index contributed by atoms with van der Waals surface area (Å²) in [7, 11) is 4.00. The largest absolute Gasteiger partial charge is 0.378 e. The molecule has 2 N–H and O–H groups in total. The van der Waals surface area contributed by atoms with Crippen LogP contribution in [0.3, 0.4) is 0 Å². The molecule has 1 heterocycles. The van der Waals surface area contributed by atoms with Crippen LogP contribution in [0.15, 0.2) is 78.9 Å². The van der Waals surface area contributed by atoms with E-state index in [-0.39, 0.29) is 6.04 Å². The van der Waals surface area contributed by atoms with Gasteiger partial charge in [-0.15, -0.1) is 0 Å². The molecule has 8 nitrogen and oxygen atoms in total. The van der Waals surface area contributed by atoms with Gasteiger partial charge in [0.05, 0.1) is 17.3 Å². The number of nitriles is 1. The second kappa shape index (κ2) is 12.1. The minimum absolute atomic E-state index is 0.0859. The van der Waals surface area contributed by atoms with E-state index in [2.05, 4.69) is 56.8 Å². The lowest BCUT2D eigenvalue weighted by Crippen LogP contribution is -2.50. The van der Waals surface area contributed by atoms with Crippen molar-refractivity contribution in [1.29, 1.82) is 5.26 Å². The Morgan fingerprint density at radius 2 is 1.54 bits per heavy atom. The summed E-state index contributed by atoms with van der Waals surface area (Å²) < 4.78 is 0. The first-order valence-corrected chi connectivity index (χ1v) is 12.4. The summed E-state index contributed by atoms with van der Waals surface area (Å²) in [5.41, 5.74) is 4.00. The van der Waals surface area contributed by atoms with Gasteiger partial charge < -0.3 is 20.4 Å². The normalized spacial score (nSPS) is 14.4. The summed E-state index contributed by atoms with van der Waals surface area (Å²) in [6, 6.07) is 27.2. The van der Waals surface area contributed by atoms with Crippen molar-refractivity contribution in [2.75, 3.05) is 61.9 Å². The highest BCUT2D eigenvalue weighted by molar-refractivity contribution is 6.39. The van der Waals surface area contributed by atoms with Crippen molar-refractivity contribution in [3.63, 3.8) is 0 Å². The molecule has 1 saturated heterocycles. The molecule has 0 spiro atoms. The smallest absolute Gasteiger partial charge is 0.313 e. The average Bonchev–Trinajstić information content (AvgIpc) is 2.94. The molecule has 3 aromatic rings. The molecule has 1 aliphatic rings. The second-order valence-electron chi connectivity index (χ2n) is 9.18. The number of hydrogen-bond donors (Lipinski definition) is 2.